The fourth-order valence-corrected chi connectivity index (χ4v) is 4.55. The monoisotopic (exact) mass is 435 g/mol. The van der Waals surface area contributed by atoms with Crippen molar-refractivity contribution in [3.63, 3.8) is 0 Å². The molecule has 0 unspecified atom stereocenters. The fraction of sp³-hybridized carbons (Fsp3) is 0.320. The van der Waals surface area contributed by atoms with E-state index < -0.39 is 0 Å². The lowest BCUT2D eigenvalue weighted by Crippen LogP contribution is -2.14. The van der Waals surface area contributed by atoms with Gasteiger partial charge < -0.3 is 10.6 Å². The molecule has 2 N–H and O–H groups in total. The van der Waals surface area contributed by atoms with Crippen molar-refractivity contribution in [3.05, 3.63) is 74.8 Å². The zero-order chi connectivity index (χ0) is 22.5. The average molecular weight is 436 g/mol. The first-order valence-electron chi connectivity index (χ1n) is 10.5. The third-order valence-corrected chi connectivity index (χ3v) is 6.16. The number of carbonyl (C=O) groups is 2. The first-order valence-corrected chi connectivity index (χ1v) is 11.3. The third-order valence-electron chi connectivity index (χ3n) is 5.09. The van der Waals surface area contributed by atoms with Crippen LogP contribution in [0.5, 0.6) is 0 Å². The molecule has 0 saturated carbocycles. The van der Waals surface area contributed by atoms with Gasteiger partial charge in [-0.2, -0.15) is 0 Å². The number of nitrogens with zero attached hydrogens (tertiary/aromatic N) is 1. The van der Waals surface area contributed by atoms with Crippen molar-refractivity contribution < 1.29 is 9.59 Å². The lowest BCUT2D eigenvalue weighted by atomic mass is 10.1. The van der Waals surface area contributed by atoms with Gasteiger partial charge in [0.05, 0.1) is 12.1 Å². The fourth-order valence-electron chi connectivity index (χ4n) is 3.67. The van der Waals surface area contributed by atoms with Crippen molar-refractivity contribution in [3.8, 4) is 0 Å². The molecule has 0 bridgehead atoms. The molecule has 5 nitrogen and oxygen atoms in total. The van der Waals surface area contributed by atoms with Gasteiger partial charge in [0.2, 0.25) is 5.91 Å². The number of amides is 2. The minimum absolute atomic E-state index is 0.144. The summed E-state index contributed by atoms with van der Waals surface area (Å²) >= 11 is 1.19. The van der Waals surface area contributed by atoms with Crippen molar-refractivity contribution in [1.29, 1.82) is 0 Å². The molecule has 162 valence electrons. The number of hydrogen-bond donors (Lipinski definition) is 2. The summed E-state index contributed by atoms with van der Waals surface area (Å²) < 4.78 is 0. The van der Waals surface area contributed by atoms with E-state index in [1.807, 2.05) is 45.0 Å². The van der Waals surface area contributed by atoms with Crippen LogP contribution in [0.4, 0.5) is 10.8 Å². The lowest BCUT2D eigenvalue weighted by molar-refractivity contribution is -0.115. The molecule has 0 radical (unpaired) electrons. The Morgan fingerprint density at radius 2 is 1.55 bits per heavy atom. The maximum Gasteiger partial charge on any atom is 0.267 e. The van der Waals surface area contributed by atoms with E-state index in [2.05, 4.69) is 34.7 Å². The van der Waals surface area contributed by atoms with Gasteiger partial charge in [-0.15, -0.1) is 0 Å². The predicted octanol–water partition coefficient (Wildman–Crippen LogP) is 5.76. The first-order chi connectivity index (χ1) is 14.8. The number of anilines is 2. The Morgan fingerprint density at radius 1 is 0.935 bits per heavy atom. The van der Waals surface area contributed by atoms with E-state index in [0.717, 1.165) is 40.8 Å². The zero-order valence-corrected chi connectivity index (χ0v) is 19.6. The molecule has 6 heteroatoms. The molecule has 3 rings (SSSR count). The van der Waals surface area contributed by atoms with E-state index >= 15 is 0 Å². The molecule has 2 aromatic carbocycles. The van der Waals surface area contributed by atoms with Crippen LogP contribution in [-0.2, 0) is 17.6 Å². The quantitative estimate of drug-likeness (QED) is 0.495. The van der Waals surface area contributed by atoms with E-state index in [9.17, 15) is 9.59 Å². The molecule has 3 aromatic rings. The molecule has 0 aliphatic rings. The Morgan fingerprint density at radius 3 is 2.16 bits per heavy atom. The van der Waals surface area contributed by atoms with Crippen molar-refractivity contribution in [2.24, 2.45) is 0 Å². The van der Waals surface area contributed by atoms with Crippen molar-refractivity contribution in [1.82, 2.24) is 4.98 Å². The van der Waals surface area contributed by atoms with E-state index in [1.54, 1.807) is 6.92 Å². The van der Waals surface area contributed by atoms with Gasteiger partial charge in [0.15, 0.2) is 5.13 Å². The summed E-state index contributed by atoms with van der Waals surface area (Å²) in [6, 6.07) is 12.2. The molecule has 31 heavy (non-hydrogen) atoms. The normalized spacial score (nSPS) is 10.7. The number of nitrogens with one attached hydrogen (secondary N) is 2. The van der Waals surface area contributed by atoms with Crippen molar-refractivity contribution >= 4 is 34.0 Å². The smallest absolute Gasteiger partial charge is 0.267 e. The highest BCUT2D eigenvalue weighted by molar-refractivity contribution is 7.17. The Balaban J connectivity index is 1.66. The number of aromatic nitrogens is 1. The van der Waals surface area contributed by atoms with Crippen LogP contribution in [0, 0.1) is 27.7 Å². The Bertz CT molecular complexity index is 1080. The molecular formula is C25H29N3O2S. The number of hydrogen-bond acceptors (Lipinski definition) is 4. The summed E-state index contributed by atoms with van der Waals surface area (Å²) in [5.74, 6) is -0.355. The van der Waals surface area contributed by atoms with Crippen LogP contribution in [0.15, 0.2) is 36.4 Å². The van der Waals surface area contributed by atoms with Gasteiger partial charge in [-0.25, -0.2) is 4.98 Å². The third kappa shape index (κ3) is 5.79. The van der Waals surface area contributed by atoms with Crippen LogP contribution in [0.1, 0.15) is 56.5 Å². The molecular weight excluding hydrogens is 406 g/mol. The summed E-state index contributed by atoms with van der Waals surface area (Å²) in [7, 11) is 0. The molecule has 0 saturated heterocycles. The first kappa shape index (κ1) is 22.7. The largest absolute Gasteiger partial charge is 0.321 e. The van der Waals surface area contributed by atoms with Crippen molar-refractivity contribution in [2.75, 3.05) is 10.6 Å². The summed E-state index contributed by atoms with van der Waals surface area (Å²) in [5.41, 5.74) is 6.85. The van der Waals surface area contributed by atoms with Crippen LogP contribution in [0.3, 0.4) is 0 Å². The molecule has 1 heterocycles. The second-order valence-corrected chi connectivity index (χ2v) is 8.95. The number of aryl methyl sites for hydroxylation is 5. The standard InChI is InChI=1S/C25H29N3O2S/c1-6-7-19-8-10-20(11-9-19)14-21(29)27-25-26-18(5)23(31-25)24(30)28-22-16(3)12-15(2)13-17(22)4/h8-13H,6-7,14H2,1-5H3,(H,28,30)(H,26,27,29). The van der Waals surface area contributed by atoms with Crippen LogP contribution in [0.2, 0.25) is 0 Å². The van der Waals surface area contributed by atoms with Gasteiger partial charge in [0.25, 0.3) is 5.91 Å². The van der Waals surface area contributed by atoms with Gasteiger partial charge in [-0.05, 0) is 56.4 Å². The molecule has 0 aliphatic carbocycles. The van der Waals surface area contributed by atoms with Crippen LogP contribution in [0.25, 0.3) is 0 Å². The highest BCUT2D eigenvalue weighted by Crippen LogP contribution is 2.27. The summed E-state index contributed by atoms with van der Waals surface area (Å²) in [5, 5.41) is 6.27. The number of benzene rings is 2. The van der Waals surface area contributed by atoms with Gasteiger partial charge in [-0.3, -0.25) is 9.59 Å². The maximum absolute atomic E-state index is 12.8. The predicted molar refractivity (Wildman–Crippen MR) is 128 cm³/mol. The van der Waals surface area contributed by atoms with Gasteiger partial charge in [0, 0.05) is 5.69 Å². The van der Waals surface area contributed by atoms with Gasteiger partial charge in [-0.1, -0.05) is 66.6 Å². The number of rotatable bonds is 7. The highest BCUT2D eigenvalue weighted by atomic mass is 32.1. The molecule has 0 fully saturated rings. The topological polar surface area (TPSA) is 71.1 Å². The van der Waals surface area contributed by atoms with E-state index in [1.165, 1.54) is 16.9 Å². The lowest BCUT2D eigenvalue weighted by Gasteiger charge is -2.12. The second-order valence-electron chi connectivity index (χ2n) is 7.95. The minimum atomic E-state index is -0.211. The highest BCUT2D eigenvalue weighted by Gasteiger charge is 2.18. The number of thiazole rings is 1. The second kappa shape index (κ2) is 9.88. The SMILES string of the molecule is CCCc1ccc(CC(=O)Nc2nc(C)c(C(=O)Nc3c(C)cc(C)cc3C)s2)cc1. The summed E-state index contributed by atoms with van der Waals surface area (Å²) in [6.07, 6.45) is 2.41. The van der Waals surface area contributed by atoms with E-state index in [-0.39, 0.29) is 18.2 Å². The van der Waals surface area contributed by atoms with E-state index in [4.69, 9.17) is 0 Å². The zero-order valence-electron chi connectivity index (χ0n) is 18.8. The van der Waals surface area contributed by atoms with E-state index in [0.29, 0.717) is 15.7 Å². The number of carbonyl (C=O) groups excluding carboxylic acids is 2. The summed E-state index contributed by atoms with van der Waals surface area (Å²) in [6.45, 7) is 9.93. The molecule has 1 aromatic heterocycles. The summed E-state index contributed by atoms with van der Waals surface area (Å²) in [4.78, 5) is 30.2. The minimum Gasteiger partial charge on any atom is -0.321 e. The van der Waals surface area contributed by atoms with Crippen molar-refractivity contribution in [2.45, 2.75) is 53.9 Å². The Kier molecular flexibility index (Phi) is 7.23. The molecule has 0 spiro atoms. The van der Waals surface area contributed by atoms with Gasteiger partial charge in [0.1, 0.15) is 4.88 Å². The Labute approximate surface area is 187 Å². The Hall–Kier alpha value is -2.99. The molecule has 0 atom stereocenters. The van der Waals surface area contributed by atoms with Gasteiger partial charge >= 0.3 is 0 Å². The van der Waals surface area contributed by atoms with Crippen LogP contribution in [-0.4, -0.2) is 16.8 Å². The van der Waals surface area contributed by atoms with Crippen LogP contribution < -0.4 is 10.6 Å². The maximum atomic E-state index is 12.8. The molecule has 2 amide bonds. The van der Waals surface area contributed by atoms with Crippen LogP contribution >= 0.6 is 11.3 Å². The average Bonchev–Trinajstić information content (AvgIpc) is 3.06. The molecule has 0 aliphatic heterocycles.